The monoisotopic (exact) mass is 227 g/mol. The first kappa shape index (κ1) is 11.3. The van der Waals surface area contributed by atoms with E-state index in [2.05, 4.69) is 6.58 Å². The average molecular weight is 227 g/mol. The zero-order chi connectivity index (χ0) is 12.3. The molecule has 1 aliphatic rings. The molecule has 0 fully saturated rings. The quantitative estimate of drug-likeness (QED) is 0.585. The Hall–Kier alpha value is -2.16. The molecule has 0 aromatic heterocycles. The molecule has 0 saturated heterocycles. The van der Waals surface area contributed by atoms with Crippen LogP contribution in [0.3, 0.4) is 0 Å². The molecule has 0 N–H and O–H groups in total. The fourth-order valence-corrected chi connectivity index (χ4v) is 1.94. The molecule has 2 rings (SSSR count). The van der Waals surface area contributed by atoms with Gasteiger partial charge in [0.25, 0.3) is 0 Å². The number of hydrogen-bond acceptors (Lipinski definition) is 2. The topological polar surface area (TPSA) is 43.1 Å². The molecule has 0 bridgehead atoms. The maximum Gasteiger partial charge on any atom is 0.247 e. The summed E-state index contributed by atoms with van der Waals surface area (Å²) in [5.74, 6) is 0.0836. The number of nitro groups is 1. The summed E-state index contributed by atoms with van der Waals surface area (Å²) < 4.78 is 0. The Labute approximate surface area is 99.9 Å². The van der Waals surface area contributed by atoms with E-state index in [1.54, 1.807) is 18.2 Å². The SMILES string of the molecule is C=Cc1cccc(C2C=CC=C([N+](=O)[O-])C2)c1. The summed E-state index contributed by atoms with van der Waals surface area (Å²) in [5.41, 5.74) is 2.39. The summed E-state index contributed by atoms with van der Waals surface area (Å²) >= 11 is 0. The molecule has 0 heterocycles. The third-order valence-corrected chi connectivity index (χ3v) is 2.87. The molecule has 0 radical (unpaired) electrons. The van der Waals surface area contributed by atoms with Gasteiger partial charge in [0, 0.05) is 18.4 Å². The van der Waals surface area contributed by atoms with Crippen LogP contribution in [0.5, 0.6) is 0 Å². The van der Waals surface area contributed by atoms with Crippen LogP contribution in [-0.4, -0.2) is 4.92 Å². The second-order valence-corrected chi connectivity index (χ2v) is 3.98. The maximum absolute atomic E-state index is 10.7. The highest BCUT2D eigenvalue weighted by Gasteiger charge is 2.20. The van der Waals surface area contributed by atoms with Gasteiger partial charge in [0.15, 0.2) is 0 Å². The fourth-order valence-electron chi connectivity index (χ4n) is 1.94. The van der Waals surface area contributed by atoms with Gasteiger partial charge < -0.3 is 0 Å². The van der Waals surface area contributed by atoms with E-state index >= 15 is 0 Å². The normalized spacial score (nSPS) is 18.6. The number of nitrogens with zero attached hydrogens (tertiary/aromatic N) is 1. The minimum absolute atomic E-state index is 0.0836. The lowest BCUT2D eigenvalue weighted by molar-refractivity contribution is -0.428. The van der Waals surface area contributed by atoms with Gasteiger partial charge in [-0.3, -0.25) is 10.1 Å². The predicted molar refractivity (Wildman–Crippen MR) is 68.1 cm³/mol. The summed E-state index contributed by atoms with van der Waals surface area (Å²) in [4.78, 5) is 10.4. The Bertz CT molecular complexity index is 515. The molecule has 0 amide bonds. The molecule has 0 spiro atoms. The lowest BCUT2D eigenvalue weighted by Crippen LogP contribution is -2.07. The highest BCUT2D eigenvalue weighted by molar-refractivity contribution is 5.49. The van der Waals surface area contributed by atoms with Crippen molar-refractivity contribution in [3.05, 3.63) is 76.0 Å². The van der Waals surface area contributed by atoms with Crippen molar-refractivity contribution in [2.24, 2.45) is 0 Å². The largest absolute Gasteiger partial charge is 0.259 e. The number of benzene rings is 1. The van der Waals surface area contributed by atoms with Gasteiger partial charge in [-0.1, -0.05) is 49.1 Å². The van der Waals surface area contributed by atoms with E-state index in [1.165, 1.54) is 0 Å². The van der Waals surface area contributed by atoms with Gasteiger partial charge in [-0.05, 0) is 11.1 Å². The highest BCUT2D eigenvalue weighted by Crippen LogP contribution is 2.29. The van der Waals surface area contributed by atoms with Gasteiger partial charge in [0.05, 0.1) is 4.92 Å². The molecule has 1 unspecified atom stereocenters. The molecule has 1 aliphatic carbocycles. The average Bonchev–Trinajstić information content (AvgIpc) is 2.39. The highest BCUT2D eigenvalue weighted by atomic mass is 16.6. The molecule has 1 atom stereocenters. The molecular weight excluding hydrogens is 214 g/mol. The van der Waals surface area contributed by atoms with E-state index < -0.39 is 0 Å². The van der Waals surface area contributed by atoms with Crippen molar-refractivity contribution in [3.8, 4) is 0 Å². The summed E-state index contributed by atoms with van der Waals surface area (Å²) in [6.07, 6.45) is 7.54. The first-order chi connectivity index (χ1) is 8.20. The van der Waals surface area contributed by atoms with Crippen LogP contribution in [0.4, 0.5) is 0 Å². The minimum Gasteiger partial charge on any atom is -0.259 e. The van der Waals surface area contributed by atoms with Crippen molar-refractivity contribution >= 4 is 6.08 Å². The zero-order valence-electron chi connectivity index (χ0n) is 9.37. The number of allylic oxidation sites excluding steroid dienone is 4. The summed E-state index contributed by atoms with van der Waals surface area (Å²) in [6.45, 7) is 3.72. The van der Waals surface area contributed by atoms with Crippen LogP contribution in [0, 0.1) is 10.1 Å². The van der Waals surface area contributed by atoms with Gasteiger partial charge in [-0.2, -0.15) is 0 Å². The van der Waals surface area contributed by atoms with E-state index in [-0.39, 0.29) is 16.5 Å². The van der Waals surface area contributed by atoms with Gasteiger partial charge >= 0.3 is 0 Å². The number of hydrogen-bond donors (Lipinski definition) is 0. The predicted octanol–water partition coefficient (Wildman–Crippen LogP) is 3.53. The van der Waals surface area contributed by atoms with E-state index in [9.17, 15) is 10.1 Å². The van der Waals surface area contributed by atoms with Crippen LogP contribution in [0.15, 0.2) is 54.8 Å². The molecule has 0 aliphatic heterocycles. The Kier molecular flexibility index (Phi) is 3.19. The standard InChI is InChI=1S/C14H13NO2/c1-2-11-5-3-6-12(9-11)13-7-4-8-14(10-13)15(16)17/h2-9,13H,1,10H2. The van der Waals surface area contributed by atoms with E-state index in [0.29, 0.717) is 6.42 Å². The molecule has 0 saturated carbocycles. The van der Waals surface area contributed by atoms with Crippen LogP contribution in [-0.2, 0) is 0 Å². The van der Waals surface area contributed by atoms with Gasteiger partial charge in [0.2, 0.25) is 5.70 Å². The van der Waals surface area contributed by atoms with Crippen molar-refractivity contribution < 1.29 is 4.92 Å². The smallest absolute Gasteiger partial charge is 0.247 e. The van der Waals surface area contributed by atoms with Crippen LogP contribution >= 0.6 is 0 Å². The fraction of sp³-hybridized carbons (Fsp3) is 0.143. The van der Waals surface area contributed by atoms with Crippen LogP contribution in [0.1, 0.15) is 23.5 Å². The first-order valence-corrected chi connectivity index (χ1v) is 5.45. The van der Waals surface area contributed by atoms with Crippen molar-refractivity contribution in [2.45, 2.75) is 12.3 Å². The Morgan fingerprint density at radius 2 is 2.29 bits per heavy atom. The van der Waals surface area contributed by atoms with E-state index in [1.807, 2.05) is 30.3 Å². The van der Waals surface area contributed by atoms with Crippen molar-refractivity contribution in [3.63, 3.8) is 0 Å². The van der Waals surface area contributed by atoms with E-state index in [0.717, 1.165) is 11.1 Å². The number of rotatable bonds is 3. The van der Waals surface area contributed by atoms with Crippen LogP contribution in [0.2, 0.25) is 0 Å². The third kappa shape index (κ3) is 2.50. The molecule has 1 aromatic rings. The second kappa shape index (κ2) is 4.78. The Morgan fingerprint density at radius 1 is 1.47 bits per heavy atom. The summed E-state index contributed by atoms with van der Waals surface area (Å²) in [7, 11) is 0. The Balaban J connectivity index is 2.25. The van der Waals surface area contributed by atoms with Crippen LogP contribution < -0.4 is 0 Å². The maximum atomic E-state index is 10.7. The van der Waals surface area contributed by atoms with Gasteiger partial charge in [0.1, 0.15) is 0 Å². The molecular formula is C14H13NO2. The zero-order valence-corrected chi connectivity index (χ0v) is 9.37. The molecule has 1 aromatic carbocycles. The lowest BCUT2D eigenvalue weighted by atomic mass is 9.90. The summed E-state index contributed by atoms with van der Waals surface area (Å²) in [6, 6.07) is 7.92. The second-order valence-electron chi connectivity index (χ2n) is 3.98. The van der Waals surface area contributed by atoms with Gasteiger partial charge in [-0.25, -0.2) is 0 Å². The van der Waals surface area contributed by atoms with Crippen molar-refractivity contribution in [2.75, 3.05) is 0 Å². The summed E-state index contributed by atoms with van der Waals surface area (Å²) in [5, 5.41) is 10.7. The Morgan fingerprint density at radius 3 is 3.00 bits per heavy atom. The van der Waals surface area contributed by atoms with Gasteiger partial charge in [-0.15, -0.1) is 0 Å². The molecule has 3 heteroatoms. The minimum atomic E-state index is -0.312. The van der Waals surface area contributed by atoms with Crippen molar-refractivity contribution in [1.29, 1.82) is 0 Å². The lowest BCUT2D eigenvalue weighted by Gasteiger charge is -2.14. The molecule has 86 valence electrons. The van der Waals surface area contributed by atoms with Crippen LogP contribution in [0.25, 0.3) is 6.08 Å². The van der Waals surface area contributed by atoms with E-state index in [4.69, 9.17) is 0 Å². The molecule has 17 heavy (non-hydrogen) atoms. The first-order valence-electron chi connectivity index (χ1n) is 5.45. The molecule has 3 nitrogen and oxygen atoms in total. The third-order valence-electron chi connectivity index (χ3n) is 2.87. The van der Waals surface area contributed by atoms with Crippen molar-refractivity contribution in [1.82, 2.24) is 0 Å².